The molecule has 18 heavy (non-hydrogen) atoms. The lowest BCUT2D eigenvalue weighted by atomic mass is 10.1. The van der Waals surface area contributed by atoms with Gasteiger partial charge in [-0.15, -0.1) is 0 Å². The molecule has 0 radical (unpaired) electrons. The van der Waals surface area contributed by atoms with Crippen molar-refractivity contribution in [1.82, 2.24) is 4.98 Å². The zero-order chi connectivity index (χ0) is 13.1. The van der Waals surface area contributed by atoms with Crippen LogP contribution < -0.4 is 0 Å². The van der Waals surface area contributed by atoms with E-state index in [-0.39, 0.29) is 17.9 Å². The second kappa shape index (κ2) is 4.96. The van der Waals surface area contributed by atoms with Gasteiger partial charge in [-0.1, -0.05) is 18.2 Å². The molecule has 92 valence electrons. The van der Waals surface area contributed by atoms with Crippen molar-refractivity contribution in [1.29, 1.82) is 0 Å². The SMILES string of the molecule is CCOC(=O)c1cc2cccc(C)c2nc1C=O. The van der Waals surface area contributed by atoms with Crippen molar-refractivity contribution < 1.29 is 14.3 Å². The van der Waals surface area contributed by atoms with Crippen molar-refractivity contribution in [3.63, 3.8) is 0 Å². The van der Waals surface area contributed by atoms with Crippen molar-refractivity contribution in [2.24, 2.45) is 0 Å². The van der Waals surface area contributed by atoms with E-state index in [1.54, 1.807) is 13.0 Å². The molecular formula is C14H13NO3. The highest BCUT2D eigenvalue weighted by atomic mass is 16.5. The van der Waals surface area contributed by atoms with E-state index in [2.05, 4.69) is 4.98 Å². The third-order valence-corrected chi connectivity index (χ3v) is 2.68. The third-order valence-electron chi connectivity index (χ3n) is 2.68. The number of rotatable bonds is 3. The van der Waals surface area contributed by atoms with E-state index < -0.39 is 5.97 Å². The van der Waals surface area contributed by atoms with Gasteiger partial charge >= 0.3 is 5.97 Å². The van der Waals surface area contributed by atoms with Crippen LogP contribution in [0.4, 0.5) is 0 Å². The monoisotopic (exact) mass is 243 g/mol. The van der Waals surface area contributed by atoms with E-state index in [0.29, 0.717) is 6.29 Å². The molecule has 0 spiro atoms. The molecule has 1 heterocycles. The number of fused-ring (bicyclic) bond motifs is 1. The van der Waals surface area contributed by atoms with Gasteiger partial charge in [-0.3, -0.25) is 4.79 Å². The van der Waals surface area contributed by atoms with Crippen molar-refractivity contribution in [2.75, 3.05) is 6.61 Å². The Morgan fingerprint density at radius 2 is 2.22 bits per heavy atom. The molecule has 0 aliphatic carbocycles. The molecule has 4 heteroatoms. The molecule has 1 aromatic carbocycles. The first kappa shape index (κ1) is 12.2. The molecule has 4 nitrogen and oxygen atoms in total. The Hall–Kier alpha value is -2.23. The highest BCUT2D eigenvalue weighted by Gasteiger charge is 2.15. The molecule has 0 bridgehead atoms. The summed E-state index contributed by atoms with van der Waals surface area (Å²) in [4.78, 5) is 27.0. The van der Waals surface area contributed by atoms with Crippen molar-refractivity contribution in [3.05, 3.63) is 41.1 Å². The van der Waals surface area contributed by atoms with Gasteiger partial charge in [-0.25, -0.2) is 9.78 Å². The molecule has 0 saturated carbocycles. The fraction of sp³-hybridized carbons (Fsp3) is 0.214. The topological polar surface area (TPSA) is 56.3 Å². The molecule has 0 amide bonds. The number of hydrogen-bond donors (Lipinski definition) is 0. The number of nitrogens with zero attached hydrogens (tertiary/aromatic N) is 1. The molecule has 0 unspecified atom stereocenters. The van der Waals surface area contributed by atoms with E-state index in [9.17, 15) is 9.59 Å². The highest BCUT2D eigenvalue weighted by Crippen LogP contribution is 2.19. The van der Waals surface area contributed by atoms with Crippen molar-refractivity contribution in [2.45, 2.75) is 13.8 Å². The Kier molecular flexibility index (Phi) is 3.37. The second-order valence-corrected chi connectivity index (χ2v) is 3.91. The quantitative estimate of drug-likeness (QED) is 0.614. The zero-order valence-corrected chi connectivity index (χ0v) is 10.3. The van der Waals surface area contributed by atoms with Gasteiger partial charge in [0.25, 0.3) is 0 Å². The number of pyridine rings is 1. The molecular weight excluding hydrogens is 230 g/mol. The van der Waals surface area contributed by atoms with E-state index in [1.807, 2.05) is 25.1 Å². The normalized spacial score (nSPS) is 10.3. The summed E-state index contributed by atoms with van der Waals surface area (Å²) in [6.45, 7) is 3.90. The van der Waals surface area contributed by atoms with Crippen LogP contribution in [-0.4, -0.2) is 23.8 Å². The number of esters is 1. The summed E-state index contributed by atoms with van der Waals surface area (Å²) in [6, 6.07) is 7.30. The summed E-state index contributed by atoms with van der Waals surface area (Å²) in [5.74, 6) is -0.518. The van der Waals surface area contributed by atoms with Gasteiger partial charge in [-0.2, -0.15) is 0 Å². The number of aldehydes is 1. The number of hydrogen-bond acceptors (Lipinski definition) is 4. The minimum absolute atomic E-state index is 0.121. The molecule has 0 N–H and O–H groups in total. The summed E-state index contributed by atoms with van der Waals surface area (Å²) in [7, 11) is 0. The minimum atomic E-state index is -0.518. The summed E-state index contributed by atoms with van der Waals surface area (Å²) < 4.78 is 4.91. The summed E-state index contributed by atoms with van der Waals surface area (Å²) in [6.07, 6.45) is 0.581. The standard InChI is InChI=1S/C14H13NO3/c1-3-18-14(17)11-7-10-6-4-5-9(2)13(10)15-12(11)8-16/h4-8H,3H2,1-2H3. The summed E-state index contributed by atoms with van der Waals surface area (Å²) in [5, 5.41) is 0.823. The fourth-order valence-electron chi connectivity index (χ4n) is 1.82. The average molecular weight is 243 g/mol. The maximum absolute atomic E-state index is 11.7. The second-order valence-electron chi connectivity index (χ2n) is 3.91. The van der Waals surface area contributed by atoms with E-state index in [4.69, 9.17) is 4.74 Å². The van der Waals surface area contributed by atoms with Crippen LogP contribution in [0.3, 0.4) is 0 Å². The van der Waals surface area contributed by atoms with E-state index in [0.717, 1.165) is 16.5 Å². The Morgan fingerprint density at radius 3 is 2.89 bits per heavy atom. The Bertz CT molecular complexity index is 620. The van der Waals surface area contributed by atoms with Crippen LogP contribution in [0.25, 0.3) is 10.9 Å². The third kappa shape index (κ3) is 2.09. The number of para-hydroxylation sites is 1. The fourth-order valence-corrected chi connectivity index (χ4v) is 1.82. The number of carbonyl (C=O) groups is 2. The van der Waals surface area contributed by atoms with E-state index in [1.165, 1.54) is 0 Å². The van der Waals surface area contributed by atoms with Crippen molar-refractivity contribution in [3.8, 4) is 0 Å². The maximum Gasteiger partial charge on any atom is 0.340 e. The van der Waals surface area contributed by atoms with Gasteiger partial charge in [0.2, 0.25) is 0 Å². The van der Waals surface area contributed by atoms with Crippen LogP contribution in [-0.2, 0) is 4.74 Å². The zero-order valence-electron chi connectivity index (χ0n) is 10.3. The number of benzene rings is 1. The van der Waals surface area contributed by atoms with Crippen molar-refractivity contribution >= 4 is 23.2 Å². The molecule has 1 aromatic heterocycles. The van der Waals surface area contributed by atoms with Gasteiger partial charge in [-0.05, 0) is 25.5 Å². The number of carbonyl (C=O) groups excluding carboxylic acids is 2. The Morgan fingerprint density at radius 1 is 1.44 bits per heavy atom. The Balaban J connectivity index is 2.66. The molecule has 0 aliphatic heterocycles. The van der Waals surface area contributed by atoms with Crippen LogP contribution in [0.2, 0.25) is 0 Å². The lowest BCUT2D eigenvalue weighted by Crippen LogP contribution is -2.09. The maximum atomic E-state index is 11.7. The molecule has 2 rings (SSSR count). The van der Waals surface area contributed by atoms with Gasteiger partial charge in [0.05, 0.1) is 17.7 Å². The van der Waals surface area contributed by atoms with Crippen LogP contribution in [0.5, 0.6) is 0 Å². The largest absolute Gasteiger partial charge is 0.462 e. The molecule has 2 aromatic rings. The smallest absolute Gasteiger partial charge is 0.340 e. The van der Waals surface area contributed by atoms with Gasteiger partial charge in [0.1, 0.15) is 5.69 Å². The molecule has 0 fully saturated rings. The molecule has 0 atom stereocenters. The van der Waals surface area contributed by atoms with Gasteiger partial charge < -0.3 is 4.74 Å². The summed E-state index contributed by atoms with van der Waals surface area (Å²) in [5.41, 5.74) is 2.03. The molecule has 0 aliphatic rings. The highest BCUT2D eigenvalue weighted by molar-refractivity contribution is 6.01. The minimum Gasteiger partial charge on any atom is -0.462 e. The predicted octanol–water partition coefficient (Wildman–Crippen LogP) is 2.53. The van der Waals surface area contributed by atoms with Crippen LogP contribution in [0.15, 0.2) is 24.3 Å². The lowest BCUT2D eigenvalue weighted by Gasteiger charge is -2.07. The van der Waals surface area contributed by atoms with Crippen LogP contribution >= 0.6 is 0 Å². The average Bonchev–Trinajstić information content (AvgIpc) is 2.38. The lowest BCUT2D eigenvalue weighted by molar-refractivity contribution is 0.0524. The van der Waals surface area contributed by atoms with E-state index >= 15 is 0 Å². The summed E-state index contributed by atoms with van der Waals surface area (Å²) >= 11 is 0. The number of aromatic nitrogens is 1. The first-order chi connectivity index (χ1) is 8.67. The number of ether oxygens (including phenoxy) is 1. The van der Waals surface area contributed by atoms with Gasteiger partial charge in [0, 0.05) is 5.39 Å². The van der Waals surface area contributed by atoms with Crippen LogP contribution in [0.1, 0.15) is 33.3 Å². The molecule has 0 saturated heterocycles. The predicted molar refractivity (Wildman–Crippen MR) is 67.8 cm³/mol. The first-order valence-electron chi connectivity index (χ1n) is 5.70. The van der Waals surface area contributed by atoms with Gasteiger partial charge in [0.15, 0.2) is 6.29 Å². The van der Waals surface area contributed by atoms with Crippen LogP contribution in [0, 0.1) is 6.92 Å². The number of aryl methyl sites for hydroxylation is 1. The first-order valence-corrected chi connectivity index (χ1v) is 5.70. The Labute approximate surface area is 105 Å².